The van der Waals surface area contributed by atoms with E-state index in [0.717, 1.165) is 13.0 Å². The molecular formula is C16H19ClN4O. The Hall–Kier alpha value is -2.14. The van der Waals surface area contributed by atoms with E-state index >= 15 is 0 Å². The smallest absolute Gasteiger partial charge is 0.275 e. The van der Waals surface area contributed by atoms with Crippen molar-refractivity contribution in [1.82, 2.24) is 9.97 Å². The van der Waals surface area contributed by atoms with Crippen molar-refractivity contribution in [2.45, 2.75) is 26.2 Å². The third kappa shape index (κ3) is 5.00. The van der Waals surface area contributed by atoms with Crippen LogP contribution in [0.3, 0.4) is 0 Å². The van der Waals surface area contributed by atoms with Gasteiger partial charge in [-0.3, -0.25) is 4.79 Å². The number of unbranched alkanes of at least 4 members (excludes halogenated alkanes) is 2. The maximum Gasteiger partial charge on any atom is 0.275 e. The van der Waals surface area contributed by atoms with E-state index in [0.29, 0.717) is 16.5 Å². The number of carbonyl (C=O) groups is 1. The van der Waals surface area contributed by atoms with Crippen molar-refractivity contribution in [1.29, 1.82) is 0 Å². The molecule has 2 aromatic rings. The lowest BCUT2D eigenvalue weighted by atomic mass is 10.2. The second-order valence-corrected chi connectivity index (χ2v) is 5.32. The minimum absolute atomic E-state index is 0.272. The summed E-state index contributed by atoms with van der Waals surface area (Å²) in [5.41, 5.74) is 0.937. The highest BCUT2D eigenvalue weighted by molar-refractivity contribution is 6.30. The molecule has 0 radical (unpaired) electrons. The number of nitrogens with one attached hydrogen (secondary N) is 2. The zero-order valence-corrected chi connectivity index (χ0v) is 13.2. The summed E-state index contributed by atoms with van der Waals surface area (Å²) in [5, 5.41) is 6.55. The number of hydrogen-bond acceptors (Lipinski definition) is 4. The van der Waals surface area contributed by atoms with Crippen LogP contribution in [0.25, 0.3) is 0 Å². The number of carbonyl (C=O) groups excluding carboxylic acids is 1. The lowest BCUT2D eigenvalue weighted by Gasteiger charge is -2.06. The number of rotatable bonds is 7. The SMILES string of the molecule is CCCCCNc1cnc(C(=O)Nc2ccc(Cl)cc2)cn1. The fourth-order valence-electron chi connectivity index (χ4n) is 1.86. The number of amides is 1. The van der Waals surface area contributed by atoms with Gasteiger partial charge in [-0.15, -0.1) is 0 Å². The zero-order chi connectivity index (χ0) is 15.8. The van der Waals surface area contributed by atoms with Crippen LogP contribution in [-0.2, 0) is 0 Å². The highest BCUT2D eigenvalue weighted by atomic mass is 35.5. The molecule has 1 aromatic carbocycles. The summed E-state index contributed by atoms with van der Waals surface area (Å²) in [6.07, 6.45) is 6.49. The van der Waals surface area contributed by atoms with E-state index in [-0.39, 0.29) is 11.6 Å². The summed E-state index contributed by atoms with van der Waals surface area (Å²) < 4.78 is 0. The van der Waals surface area contributed by atoms with Crippen LogP contribution < -0.4 is 10.6 Å². The molecule has 0 saturated carbocycles. The maximum absolute atomic E-state index is 12.0. The normalized spacial score (nSPS) is 10.3. The Bertz CT molecular complexity index is 599. The lowest BCUT2D eigenvalue weighted by Crippen LogP contribution is -2.14. The Labute approximate surface area is 135 Å². The number of hydrogen-bond donors (Lipinski definition) is 2. The predicted octanol–water partition coefficient (Wildman–Crippen LogP) is 3.98. The first-order chi connectivity index (χ1) is 10.7. The van der Waals surface area contributed by atoms with E-state index in [1.807, 2.05) is 0 Å². The summed E-state index contributed by atoms with van der Waals surface area (Å²) >= 11 is 5.80. The highest BCUT2D eigenvalue weighted by Gasteiger charge is 2.08. The Morgan fingerprint density at radius 2 is 1.91 bits per heavy atom. The number of halogens is 1. The maximum atomic E-state index is 12.0. The fourth-order valence-corrected chi connectivity index (χ4v) is 1.98. The molecular weight excluding hydrogens is 300 g/mol. The molecule has 0 aliphatic rings. The predicted molar refractivity (Wildman–Crippen MR) is 89.5 cm³/mol. The molecule has 2 N–H and O–H groups in total. The van der Waals surface area contributed by atoms with Crippen LogP contribution in [0, 0.1) is 0 Å². The third-order valence-corrected chi connectivity index (χ3v) is 3.32. The van der Waals surface area contributed by atoms with E-state index in [4.69, 9.17) is 11.6 Å². The molecule has 1 amide bonds. The average molecular weight is 319 g/mol. The van der Waals surface area contributed by atoms with Gasteiger partial charge in [-0.25, -0.2) is 9.97 Å². The monoisotopic (exact) mass is 318 g/mol. The molecule has 6 heteroatoms. The van der Waals surface area contributed by atoms with Gasteiger partial charge in [-0.05, 0) is 30.7 Å². The lowest BCUT2D eigenvalue weighted by molar-refractivity contribution is 0.102. The van der Waals surface area contributed by atoms with Gasteiger partial charge in [0.05, 0.1) is 12.4 Å². The van der Waals surface area contributed by atoms with Crippen LogP contribution in [0.15, 0.2) is 36.7 Å². The van der Waals surface area contributed by atoms with Crippen molar-refractivity contribution >= 4 is 29.0 Å². The molecule has 1 aromatic heterocycles. The van der Waals surface area contributed by atoms with Crippen molar-refractivity contribution in [3.8, 4) is 0 Å². The van der Waals surface area contributed by atoms with E-state index in [9.17, 15) is 4.79 Å². The summed E-state index contributed by atoms with van der Waals surface area (Å²) in [6.45, 7) is 3.02. The van der Waals surface area contributed by atoms with E-state index in [1.54, 1.807) is 30.5 Å². The van der Waals surface area contributed by atoms with Crippen molar-refractivity contribution in [2.75, 3.05) is 17.2 Å². The van der Waals surface area contributed by atoms with Gasteiger partial charge in [-0.1, -0.05) is 31.4 Å². The topological polar surface area (TPSA) is 66.9 Å². The molecule has 116 valence electrons. The number of benzene rings is 1. The van der Waals surface area contributed by atoms with Crippen molar-refractivity contribution in [3.05, 3.63) is 47.4 Å². The molecule has 0 aliphatic carbocycles. The largest absolute Gasteiger partial charge is 0.369 e. The average Bonchev–Trinajstić information content (AvgIpc) is 2.54. The first-order valence-corrected chi connectivity index (χ1v) is 7.69. The van der Waals surface area contributed by atoms with Gasteiger partial charge in [0.2, 0.25) is 0 Å². The standard InChI is InChI=1S/C16H19ClN4O/c1-2-3-4-9-18-15-11-19-14(10-20-15)16(22)21-13-7-5-12(17)6-8-13/h5-8,10-11H,2-4,9H2,1H3,(H,18,20)(H,21,22). The summed E-state index contributed by atoms with van der Waals surface area (Å²) in [4.78, 5) is 20.4. The first-order valence-electron chi connectivity index (χ1n) is 7.32. The molecule has 22 heavy (non-hydrogen) atoms. The summed E-state index contributed by atoms with van der Waals surface area (Å²) in [7, 11) is 0. The van der Waals surface area contributed by atoms with Gasteiger partial charge < -0.3 is 10.6 Å². The van der Waals surface area contributed by atoms with Crippen LogP contribution in [0.2, 0.25) is 5.02 Å². The number of anilines is 2. The van der Waals surface area contributed by atoms with Crippen LogP contribution >= 0.6 is 11.6 Å². The molecule has 5 nitrogen and oxygen atoms in total. The molecule has 0 saturated heterocycles. The Morgan fingerprint density at radius 1 is 1.14 bits per heavy atom. The molecule has 0 unspecified atom stereocenters. The summed E-state index contributed by atoms with van der Waals surface area (Å²) in [5.74, 6) is 0.381. The van der Waals surface area contributed by atoms with Gasteiger partial charge >= 0.3 is 0 Å². The van der Waals surface area contributed by atoms with Crippen molar-refractivity contribution in [2.24, 2.45) is 0 Å². The van der Waals surface area contributed by atoms with Gasteiger partial charge in [0.1, 0.15) is 11.5 Å². The van der Waals surface area contributed by atoms with Crippen LogP contribution in [0.5, 0.6) is 0 Å². The van der Waals surface area contributed by atoms with E-state index in [1.165, 1.54) is 19.0 Å². The highest BCUT2D eigenvalue weighted by Crippen LogP contribution is 2.14. The van der Waals surface area contributed by atoms with Gasteiger partial charge in [0, 0.05) is 17.3 Å². The molecule has 0 atom stereocenters. The summed E-state index contributed by atoms with van der Waals surface area (Å²) in [6, 6.07) is 6.90. The van der Waals surface area contributed by atoms with Crippen LogP contribution in [0.4, 0.5) is 11.5 Å². The van der Waals surface area contributed by atoms with Gasteiger partial charge in [0.15, 0.2) is 0 Å². The van der Waals surface area contributed by atoms with Gasteiger partial charge in [0.25, 0.3) is 5.91 Å². The molecule has 0 aliphatic heterocycles. The Morgan fingerprint density at radius 3 is 2.55 bits per heavy atom. The second-order valence-electron chi connectivity index (χ2n) is 4.88. The molecule has 2 rings (SSSR count). The second kappa shape index (κ2) is 8.34. The van der Waals surface area contributed by atoms with Crippen molar-refractivity contribution in [3.63, 3.8) is 0 Å². The quantitative estimate of drug-likeness (QED) is 0.758. The zero-order valence-electron chi connectivity index (χ0n) is 12.5. The van der Waals surface area contributed by atoms with E-state index in [2.05, 4.69) is 27.5 Å². The Kier molecular flexibility index (Phi) is 6.15. The third-order valence-electron chi connectivity index (χ3n) is 3.07. The minimum atomic E-state index is -0.299. The minimum Gasteiger partial charge on any atom is -0.369 e. The molecule has 0 spiro atoms. The fraction of sp³-hybridized carbons (Fsp3) is 0.312. The van der Waals surface area contributed by atoms with Crippen LogP contribution in [-0.4, -0.2) is 22.4 Å². The molecule has 0 bridgehead atoms. The van der Waals surface area contributed by atoms with Crippen molar-refractivity contribution < 1.29 is 4.79 Å². The van der Waals surface area contributed by atoms with E-state index < -0.39 is 0 Å². The molecule has 0 fully saturated rings. The number of nitrogens with zero attached hydrogens (tertiary/aromatic N) is 2. The first kappa shape index (κ1) is 16.2. The van der Waals surface area contributed by atoms with Gasteiger partial charge in [-0.2, -0.15) is 0 Å². The number of aromatic nitrogens is 2. The Balaban J connectivity index is 1.89. The molecule has 1 heterocycles. The van der Waals surface area contributed by atoms with Crippen LogP contribution in [0.1, 0.15) is 36.7 Å².